The van der Waals surface area contributed by atoms with Crippen LogP contribution in [0.3, 0.4) is 0 Å². The van der Waals surface area contributed by atoms with E-state index >= 15 is 0 Å². The van der Waals surface area contributed by atoms with Crippen LogP contribution in [-0.4, -0.2) is 97.9 Å². The lowest BCUT2D eigenvalue weighted by molar-refractivity contribution is -0.154. The molecule has 5 rings (SSSR count). The Morgan fingerprint density at radius 2 is 1.67 bits per heavy atom. The number of aliphatic hydroxyl groups is 1. The highest BCUT2D eigenvalue weighted by atomic mass is 35.5. The first kappa shape index (κ1) is 42.8. The molecule has 19 heteroatoms. The summed E-state index contributed by atoms with van der Waals surface area (Å²) in [5.74, 6) is -5.08. The number of carboxylic acid groups (broad SMARTS) is 1. The maximum atomic E-state index is 14.1. The van der Waals surface area contributed by atoms with Crippen molar-refractivity contribution in [1.29, 1.82) is 0 Å². The van der Waals surface area contributed by atoms with Gasteiger partial charge in [0.25, 0.3) is 5.91 Å². The number of β-lactam (4-membered cyclic amide) rings is 1. The summed E-state index contributed by atoms with van der Waals surface area (Å²) in [6, 6.07) is 14.1. The number of aliphatic carboxylic acids is 1. The predicted molar refractivity (Wildman–Crippen MR) is 204 cm³/mol. The molecule has 1 saturated heterocycles. The quantitative estimate of drug-likeness (QED) is 0.0869. The van der Waals surface area contributed by atoms with Gasteiger partial charge in [0.15, 0.2) is 15.2 Å². The molecule has 0 aliphatic carbocycles. The van der Waals surface area contributed by atoms with Crippen molar-refractivity contribution in [3.05, 3.63) is 104 Å². The second-order valence-corrected chi connectivity index (χ2v) is 15.9. The van der Waals surface area contributed by atoms with Crippen LogP contribution in [0.25, 0.3) is 0 Å². The number of alkyl carbamates (subject to hydrolysis) is 1. The third-order valence-electron chi connectivity index (χ3n) is 9.23. The average molecular weight is 849 g/mol. The molecule has 2 aliphatic rings. The monoisotopic (exact) mass is 847 g/mol. The van der Waals surface area contributed by atoms with Crippen LogP contribution in [0.4, 0.5) is 4.79 Å². The first-order chi connectivity index (χ1) is 27.2. The van der Waals surface area contributed by atoms with Gasteiger partial charge in [0.05, 0.1) is 38.9 Å². The number of esters is 1. The highest BCUT2D eigenvalue weighted by molar-refractivity contribution is 7.92. The molecule has 1 fully saturated rings. The van der Waals surface area contributed by atoms with E-state index in [1.807, 2.05) is 0 Å². The van der Waals surface area contributed by atoms with E-state index < -0.39 is 75.1 Å². The molecule has 0 radical (unpaired) electrons. The Balaban J connectivity index is 1.32. The summed E-state index contributed by atoms with van der Waals surface area (Å²) in [6.07, 6.45) is -1.01. The number of hydrogen-bond acceptors (Lipinski definition) is 12. The largest absolute Gasteiger partial charge is 0.497 e. The molecule has 57 heavy (non-hydrogen) atoms. The van der Waals surface area contributed by atoms with Crippen molar-refractivity contribution in [2.24, 2.45) is 0 Å². The number of amides is 3. The molecule has 4 N–H and O–H groups in total. The van der Waals surface area contributed by atoms with Gasteiger partial charge in [-0.2, -0.15) is 0 Å². The number of nitrogens with zero attached hydrogens (tertiary/aromatic N) is 1. The number of hydrogen-bond donors (Lipinski definition) is 4. The van der Waals surface area contributed by atoms with Crippen molar-refractivity contribution >= 4 is 62.9 Å². The van der Waals surface area contributed by atoms with Crippen LogP contribution < -0.4 is 20.1 Å². The highest BCUT2D eigenvalue weighted by Crippen LogP contribution is 2.39. The predicted octanol–water partition coefficient (Wildman–Crippen LogP) is 3.50. The van der Waals surface area contributed by atoms with Crippen LogP contribution in [0.5, 0.6) is 11.5 Å². The van der Waals surface area contributed by atoms with E-state index in [0.717, 1.165) is 0 Å². The molecular weight excluding hydrogens is 809 g/mol. The minimum Gasteiger partial charge on any atom is -0.497 e. The number of carboxylic acids is 1. The van der Waals surface area contributed by atoms with Gasteiger partial charge in [-0.15, -0.1) is 0 Å². The number of carbonyl (C=O) groups excluding carboxylic acids is 4. The van der Waals surface area contributed by atoms with Crippen molar-refractivity contribution in [3.8, 4) is 11.5 Å². The maximum Gasteiger partial charge on any atom is 0.407 e. The molecule has 2 aliphatic heterocycles. The van der Waals surface area contributed by atoms with Gasteiger partial charge in [0.2, 0.25) is 5.91 Å². The number of ether oxygens (including phenoxy) is 4. The molecule has 0 spiro atoms. The zero-order chi connectivity index (χ0) is 41.4. The number of benzene rings is 3. The van der Waals surface area contributed by atoms with Crippen LogP contribution in [-0.2, 0) is 58.1 Å². The molecule has 1 unspecified atom stereocenters. The minimum atomic E-state index is -4.25. The first-order valence-corrected chi connectivity index (χ1v) is 19.9. The van der Waals surface area contributed by atoms with Crippen molar-refractivity contribution < 1.29 is 61.6 Å². The van der Waals surface area contributed by atoms with E-state index in [0.29, 0.717) is 37.4 Å². The van der Waals surface area contributed by atoms with E-state index in [9.17, 15) is 42.6 Å². The summed E-state index contributed by atoms with van der Waals surface area (Å²) in [6.45, 7) is -1.23. The topological polar surface area (TPSA) is 224 Å². The molecular formula is C38H39Cl2N3O13S. The number of rotatable bonds is 17. The summed E-state index contributed by atoms with van der Waals surface area (Å²) in [4.78, 5) is 65.9. The van der Waals surface area contributed by atoms with Gasteiger partial charge in [-0.05, 0) is 54.3 Å². The van der Waals surface area contributed by atoms with Crippen LogP contribution in [0, 0.1) is 0 Å². The van der Waals surface area contributed by atoms with Gasteiger partial charge in [0.1, 0.15) is 36.5 Å². The number of methoxy groups -OCH3 is 2. The van der Waals surface area contributed by atoms with E-state index in [1.165, 1.54) is 38.5 Å². The molecule has 3 aromatic rings. The standard InChI is InChI=1S/C38H39Cl2N3O13S/c1-53-26-10-5-21(6-11-26)18-55-37(49)33-24(17-44)20-57(51,52)36-32(35(48)43(33)36)42-34(47)27(28-14-22(15-31(45)46)7-12-30(28)54-2)4-3-13-41-38(50)56-19-23-8-9-25(39)16-29(23)40/h5-12,14,16,27,32,36,44H,3-4,13,15,17-20H2,1-2H3,(H,41,50)(H,42,47)(H,45,46)/t27?,32-,36-/m0/s1. The Hall–Kier alpha value is -5.36. The Morgan fingerprint density at radius 1 is 0.947 bits per heavy atom. The smallest absolute Gasteiger partial charge is 0.407 e. The zero-order valence-corrected chi connectivity index (χ0v) is 33.0. The molecule has 0 aromatic heterocycles. The average Bonchev–Trinajstić information content (AvgIpc) is 3.17. The third-order valence-corrected chi connectivity index (χ3v) is 11.8. The van der Waals surface area contributed by atoms with Crippen molar-refractivity contribution in [3.63, 3.8) is 0 Å². The van der Waals surface area contributed by atoms with E-state index in [-0.39, 0.29) is 55.9 Å². The van der Waals surface area contributed by atoms with Crippen LogP contribution in [0.1, 0.15) is 41.0 Å². The lowest BCUT2D eigenvalue weighted by Gasteiger charge is -2.49. The van der Waals surface area contributed by atoms with Gasteiger partial charge in [0, 0.05) is 33.3 Å². The highest BCUT2D eigenvalue weighted by Gasteiger charge is 2.61. The van der Waals surface area contributed by atoms with E-state index in [1.54, 1.807) is 36.4 Å². The second-order valence-electron chi connectivity index (χ2n) is 13.0. The second kappa shape index (κ2) is 18.7. The van der Waals surface area contributed by atoms with Crippen molar-refractivity contribution in [1.82, 2.24) is 15.5 Å². The zero-order valence-electron chi connectivity index (χ0n) is 30.7. The van der Waals surface area contributed by atoms with Gasteiger partial charge >= 0.3 is 18.0 Å². The fraction of sp³-hybridized carbons (Fsp3) is 0.342. The number of carbonyl (C=O) groups is 5. The summed E-state index contributed by atoms with van der Waals surface area (Å²) in [5.41, 5.74) is 0.986. The summed E-state index contributed by atoms with van der Waals surface area (Å²) in [5, 5.41) is 23.6. The summed E-state index contributed by atoms with van der Waals surface area (Å²) in [7, 11) is -1.42. The summed E-state index contributed by atoms with van der Waals surface area (Å²) >= 11 is 12.1. The normalized spacial score (nSPS) is 17.4. The van der Waals surface area contributed by atoms with Crippen LogP contribution in [0.15, 0.2) is 71.9 Å². The number of halogens is 2. The molecule has 2 heterocycles. The molecule has 16 nitrogen and oxygen atoms in total. The lowest BCUT2D eigenvalue weighted by atomic mass is 9.89. The fourth-order valence-electron chi connectivity index (χ4n) is 6.42. The van der Waals surface area contributed by atoms with Crippen molar-refractivity contribution in [2.45, 2.75) is 49.8 Å². The number of nitrogens with one attached hydrogen (secondary N) is 2. The molecule has 3 amide bonds. The molecule has 3 aromatic carbocycles. The van der Waals surface area contributed by atoms with Gasteiger partial charge < -0.3 is 39.8 Å². The van der Waals surface area contributed by atoms with Gasteiger partial charge in [-0.3, -0.25) is 19.3 Å². The molecule has 0 bridgehead atoms. The Bertz CT molecular complexity index is 2180. The summed E-state index contributed by atoms with van der Waals surface area (Å²) < 4.78 is 48.3. The van der Waals surface area contributed by atoms with E-state index in [4.69, 9.17) is 42.1 Å². The SMILES string of the molecule is COc1ccc(COC(=O)C2=C(CO)CS(=O)(=O)[C@H]3[C@@H](NC(=O)C(CCCNC(=O)OCc4ccc(Cl)cc4Cl)c4cc(CC(=O)O)ccc4OC)C(=O)N23)cc1. The Kier molecular flexibility index (Phi) is 14.0. The molecule has 304 valence electrons. The van der Waals surface area contributed by atoms with Gasteiger partial charge in [-0.25, -0.2) is 18.0 Å². The van der Waals surface area contributed by atoms with Crippen LogP contribution >= 0.6 is 23.2 Å². The molecule has 3 atom stereocenters. The maximum absolute atomic E-state index is 14.1. The van der Waals surface area contributed by atoms with Gasteiger partial charge in [-0.1, -0.05) is 53.5 Å². The number of sulfone groups is 1. The van der Waals surface area contributed by atoms with Crippen LogP contribution in [0.2, 0.25) is 10.0 Å². The minimum absolute atomic E-state index is 0.00154. The number of aliphatic hydroxyl groups excluding tert-OH is 1. The first-order valence-electron chi connectivity index (χ1n) is 17.4. The Labute approximate surface area is 337 Å². The van der Waals surface area contributed by atoms with E-state index in [2.05, 4.69) is 10.6 Å². The fourth-order valence-corrected chi connectivity index (χ4v) is 8.90. The number of fused-ring (bicyclic) bond motifs is 1. The Morgan fingerprint density at radius 3 is 2.32 bits per heavy atom. The third kappa shape index (κ3) is 10.2. The van der Waals surface area contributed by atoms with Crippen molar-refractivity contribution in [2.75, 3.05) is 33.1 Å². The molecule has 0 saturated carbocycles. The lowest BCUT2D eigenvalue weighted by Crippen LogP contribution is -2.75.